The first-order valence-electron chi connectivity index (χ1n) is 1.96. The Morgan fingerprint density at radius 3 is 2.38 bits per heavy atom. The van der Waals surface area contributed by atoms with Gasteiger partial charge in [0.25, 0.3) is 0 Å². The predicted octanol–water partition coefficient (Wildman–Crippen LogP) is -1.06. The van der Waals surface area contributed by atoms with Gasteiger partial charge in [-0.25, -0.2) is 0 Å². The average molecular weight is 102 g/mol. The molecule has 3 radical (unpaired) electrons. The van der Waals surface area contributed by atoms with Crippen molar-refractivity contribution in [1.29, 1.82) is 5.26 Å². The number of carbonyl (C=O) groups is 1. The fraction of sp³-hybridized carbons (Fsp3) is 0.250. The van der Waals surface area contributed by atoms with E-state index in [1.54, 1.807) is 6.07 Å². The number of hydrogen-bond acceptors (Lipinski definition) is 2. The molecule has 35 valence electrons. The average Bonchev–Trinajstić information content (AvgIpc) is 1.67. The van der Waals surface area contributed by atoms with E-state index in [0.29, 0.717) is 0 Å². The number of nitriles is 1. The van der Waals surface area contributed by atoms with Crippen molar-refractivity contribution in [2.75, 3.05) is 0 Å². The van der Waals surface area contributed by atoms with Crippen LogP contribution in [0.3, 0.4) is 0 Å². The second kappa shape index (κ2) is 3.20. The molecule has 0 aliphatic carbocycles. The van der Waals surface area contributed by atoms with Crippen LogP contribution in [0.25, 0.3) is 0 Å². The zero-order valence-corrected chi connectivity index (χ0v) is 4.22. The van der Waals surface area contributed by atoms with Crippen LogP contribution < -0.4 is 0 Å². The Labute approximate surface area is 50.0 Å². The molecular weight excluding hydrogens is 99.7 g/mol. The minimum atomic E-state index is -0.507. The van der Waals surface area contributed by atoms with Crippen LogP contribution in [-0.4, -0.2) is 26.5 Å². The molecule has 0 heterocycles. The van der Waals surface area contributed by atoms with Crippen molar-refractivity contribution in [1.82, 2.24) is 0 Å². The van der Waals surface area contributed by atoms with E-state index >= 15 is 0 Å². The van der Waals surface area contributed by atoms with E-state index in [4.69, 9.17) is 20.6 Å². The Balaban J connectivity index is 3.71. The standard InChI is InChI=1S/C4H2B2NO/c5-4(6)3(8)1-2-7/h1H2. The molecule has 0 aromatic heterocycles. The van der Waals surface area contributed by atoms with Crippen molar-refractivity contribution in [3.8, 4) is 6.07 Å². The normalized spacial score (nSPS) is 7.25. The van der Waals surface area contributed by atoms with Gasteiger partial charge >= 0.3 is 49.0 Å². The van der Waals surface area contributed by atoms with Gasteiger partial charge in [-0.3, -0.25) is 0 Å². The van der Waals surface area contributed by atoms with Crippen LogP contribution >= 0.6 is 0 Å². The van der Waals surface area contributed by atoms with Crippen molar-refractivity contribution in [2.24, 2.45) is 0 Å². The molecule has 0 N–H and O–H groups in total. The van der Waals surface area contributed by atoms with Crippen molar-refractivity contribution in [3.05, 3.63) is 0 Å². The SMILES string of the molecule is [B]C(=[B])C(=O)CC#N. The van der Waals surface area contributed by atoms with E-state index in [1.807, 2.05) is 0 Å². The van der Waals surface area contributed by atoms with Crippen molar-refractivity contribution in [3.63, 3.8) is 0 Å². The molecule has 0 aliphatic rings. The third kappa shape index (κ3) is 2.35. The summed E-state index contributed by atoms with van der Waals surface area (Å²) in [6.45, 7) is 0. The summed E-state index contributed by atoms with van der Waals surface area (Å²) in [6, 6.07) is 1.62. The van der Waals surface area contributed by atoms with Crippen LogP contribution in [0.4, 0.5) is 0 Å². The van der Waals surface area contributed by atoms with E-state index in [0.717, 1.165) is 0 Å². The molecular formula is C4H2B2NO. The molecule has 0 saturated carbocycles. The molecule has 0 aromatic carbocycles. The van der Waals surface area contributed by atoms with Gasteiger partial charge in [-0.15, -0.1) is 0 Å². The van der Waals surface area contributed by atoms with Gasteiger partial charge in [0.15, 0.2) is 0 Å². The van der Waals surface area contributed by atoms with Crippen molar-refractivity contribution in [2.45, 2.75) is 6.42 Å². The molecule has 2 nitrogen and oxygen atoms in total. The van der Waals surface area contributed by atoms with Gasteiger partial charge in [-0.05, 0) is 0 Å². The van der Waals surface area contributed by atoms with Crippen LogP contribution in [0, 0.1) is 11.3 Å². The van der Waals surface area contributed by atoms with Gasteiger partial charge in [-0.1, -0.05) is 0 Å². The summed E-state index contributed by atoms with van der Waals surface area (Å²) in [5, 5.41) is 7.59. The topological polar surface area (TPSA) is 40.9 Å². The third-order valence-corrected chi connectivity index (χ3v) is 0.562. The van der Waals surface area contributed by atoms with Crippen molar-refractivity contribution >= 4 is 26.5 Å². The molecule has 0 fully saturated rings. The third-order valence-electron chi connectivity index (χ3n) is 0.562. The Morgan fingerprint density at radius 2 is 2.25 bits per heavy atom. The zero-order chi connectivity index (χ0) is 6.57. The molecule has 0 aromatic rings. The number of carbonyl (C=O) groups excluding carboxylic acids is 1. The van der Waals surface area contributed by atoms with Gasteiger partial charge in [0.1, 0.15) is 0 Å². The van der Waals surface area contributed by atoms with Gasteiger partial charge in [0.05, 0.1) is 0 Å². The first kappa shape index (κ1) is 7.16. The molecule has 0 unspecified atom stereocenters. The fourth-order valence-corrected chi connectivity index (χ4v) is 0.174. The molecule has 4 heteroatoms. The molecule has 0 atom stereocenters. The quantitative estimate of drug-likeness (QED) is 0.416. The first-order valence-corrected chi connectivity index (χ1v) is 1.96. The second-order valence-corrected chi connectivity index (χ2v) is 1.21. The van der Waals surface area contributed by atoms with Crippen LogP contribution in [0.15, 0.2) is 0 Å². The molecule has 0 spiro atoms. The number of rotatable bonds is 2. The summed E-state index contributed by atoms with van der Waals surface area (Å²) in [6.07, 6.45) is -0.234. The summed E-state index contributed by atoms with van der Waals surface area (Å²) < 4.78 is 0. The monoisotopic (exact) mass is 102 g/mol. The summed E-state index contributed by atoms with van der Waals surface area (Å²) >= 11 is 0. The Kier molecular flexibility index (Phi) is 2.86. The van der Waals surface area contributed by atoms with Gasteiger partial charge in [-0.2, -0.15) is 0 Å². The molecule has 0 aliphatic heterocycles. The van der Waals surface area contributed by atoms with E-state index < -0.39 is 5.78 Å². The fourth-order valence-electron chi connectivity index (χ4n) is 0.174. The van der Waals surface area contributed by atoms with Crippen LogP contribution in [0.5, 0.6) is 0 Å². The number of nitrogens with zero attached hydrogens (tertiary/aromatic N) is 1. The molecule has 8 heavy (non-hydrogen) atoms. The van der Waals surface area contributed by atoms with Crippen LogP contribution in [-0.2, 0) is 4.79 Å². The Morgan fingerprint density at radius 1 is 1.75 bits per heavy atom. The minimum absolute atomic E-state index is 0.234. The molecule has 0 bridgehead atoms. The van der Waals surface area contributed by atoms with E-state index in [2.05, 4.69) is 0 Å². The summed E-state index contributed by atoms with van der Waals surface area (Å²) in [5.74, 6) is -0.507. The summed E-state index contributed by atoms with van der Waals surface area (Å²) in [5.41, 5.74) is 0. The maximum atomic E-state index is 10.2. The zero-order valence-electron chi connectivity index (χ0n) is 4.22. The Hall–Kier alpha value is -0.840. The first-order chi connectivity index (χ1) is 3.68. The van der Waals surface area contributed by atoms with Crippen LogP contribution in [0.2, 0.25) is 0 Å². The van der Waals surface area contributed by atoms with Gasteiger partial charge < -0.3 is 0 Å². The number of hydrogen-bond donors (Lipinski definition) is 0. The van der Waals surface area contributed by atoms with E-state index in [1.165, 1.54) is 0 Å². The van der Waals surface area contributed by atoms with E-state index in [-0.39, 0.29) is 11.8 Å². The van der Waals surface area contributed by atoms with Crippen LogP contribution in [0.1, 0.15) is 6.42 Å². The maximum absolute atomic E-state index is 10.2. The molecule has 0 saturated heterocycles. The summed E-state index contributed by atoms with van der Waals surface area (Å²) in [7, 11) is 9.63. The number of ketones is 1. The van der Waals surface area contributed by atoms with Gasteiger partial charge in [0.2, 0.25) is 0 Å². The summed E-state index contributed by atoms with van der Waals surface area (Å²) in [4.78, 5) is 10.2. The Bertz CT molecular complexity index is 158. The molecule has 0 rings (SSSR count). The van der Waals surface area contributed by atoms with Gasteiger partial charge in [0, 0.05) is 0 Å². The number of Topliss-reactive ketones (excluding diaryl/α,β-unsaturated/α-hetero) is 1. The van der Waals surface area contributed by atoms with Crippen molar-refractivity contribution < 1.29 is 4.79 Å². The predicted molar refractivity (Wildman–Crippen MR) is 31.8 cm³/mol. The van der Waals surface area contributed by atoms with E-state index in [9.17, 15) is 4.79 Å². The second-order valence-electron chi connectivity index (χ2n) is 1.21. The molecule has 0 amide bonds.